The van der Waals surface area contributed by atoms with Crippen LogP contribution in [-0.2, 0) is 29.9 Å². The number of halogens is 1. The van der Waals surface area contributed by atoms with Crippen LogP contribution in [0.4, 0.5) is 0 Å². The molecule has 2 amide bonds. The molecule has 3 aromatic carbocycles. The Hall–Kier alpha value is -3.56. The van der Waals surface area contributed by atoms with Crippen LogP contribution in [0.2, 0.25) is 0 Å². The molecule has 1 N–H and O–H groups in total. The van der Waals surface area contributed by atoms with Gasteiger partial charge < -0.3 is 10.1 Å². The van der Waals surface area contributed by atoms with Crippen molar-refractivity contribution in [2.45, 2.75) is 29.7 Å². The fraction of sp³-hybridized carbons (Fsp3) is 0.207. The zero-order valence-electron chi connectivity index (χ0n) is 20.5. The molecule has 0 spiro atoms. The number of ether oxygens (including phenoxy) is 1. The number of fused-ring (bicyclic) bond motifs is 1. The van der Waals surface area contributed by atoms with Crippen molar-refractivity contribution in [3.05, 3.63) is 119 Å². The second-order valence-electron chi connectivity index (χ2n) is 9.01. The first-order valence-electron chi connectivity index (χ1n) is 12.1. The molecule has 0 radical (unpaired) electrons. The van der Waals surface area contributed by atoms with E-state index in [1.54, 1.807) is 12.1 Å². The summed E-state index contributed by atoms with van der Waals surface area (Å²) < 4.78 is 19.9. The SMILES string of the molecule is CC(=O)NC1C(CBr)=C(C(=O)OC(c2ccccc2)c2ccccc2)N2C(=O)C(c3ccccc3)[C@H]2S1=O. The maximum Gasteiger partial charge on any atom is 0.356 e. The highest BCUT2D eigenvalue weighted by Gasteiger charge is 2.59. The molecular weight excluding hydrogens is 568 g/mol. The quantitative estimate of drug-likeness (QED) is 0.253. The van der Waals surface area contributed by atoms with Crippen LogP contribution in [-0.4, -0.2) is 43.0 Å². The molecule has 5 rings (SSSR count). The summed E-state index contributed by atoms with van der Waals surface area (Å²) in [6.07, 6.45) is -0.736. The van der Waals surface area contributed by atoms with Crippen LogP contribution in [0.5, 0.6) is 0 Å². The second kappa shape index (κ2) is 11.0. The molecule has 0 aromatic heterocycles. The summed E-state index contributed by atoms with van der Waals surface area (Å²) in [6.45, 7) is 1.33. The van der Waals surface area contributed by atoms with Gasteiger partial charge in [0.2, 0.25) is 11.8 Å². The minimum absolute atomic E-state index is 0.0132. The zero-order valence-corrected chi connectivity index (χ0v) is 22.9. The van der Waals surface area contributed by atoms with Crippen LogP contribution in [0, 0.1) is 0 Å². The molecule has 2 aliphatic heterocycles. The third-order valence-electron chi connectivity index (χ3n) is 6.63. The molecule has 0 saturated carbocycles. The molecule has 1 fully saturated rings. The summed E-state index contributed by atoms with van der Waals surface area (Å²) in [5.74, 6) is -2.16. The lowest BCUT2D eigenvalue weighted by molar-refractivity contribution is -0.153. The topological polar surface area (TPSA) is 92.8 Å². The van der Waals surface area contributed by atoms with Gasteiger partial charge in [0.15, 0.2) is 6.10 Å². The highest BCUT2D eigenvalue weighted by molar-refractivity contribution is 9.09. The van der Waals surface area contributed by atoms with Crippen LogP contribution in [0.25, 0.3) is 0 Å². The fourth-order valence-corrected chi connectivity index (χ4v) is 7.70. The molecular formula is C29H25BrN2O5S. The number of alkyl halides is 1. The van der Waals surface area contributed by atoms with Crippen molar-refractivity contribution in [2.24, 2.45) is 0 Å². The summed E-state index contributed by atoms with van der Waals surface area (Å²) >= 11 is 3.40. The van der Waals surface area contributed by atoms with E-state index < -0.39 is 45.4 Å². The molecule has 9 heteroatoms. The highest BCUT2D eigenvalue weighted by atomic mass is 79.9. The first-order valence-corrected chi connectivity index (χ1v) is 14.5. The fourth-order valence-electron chi connectivity index (χ4n) is 4.91. The molecule has 194 valence electrons. The van der Waals surface area contributed by atoms with E-state index in [1.807, 2.05) is 78.9 Å². The van der Waals surface area contributed by atoms with Gasteiger partial charge in [-0.1, -0.05) is 107 Å². The number of β-lactam (4-membered cyclic amide) rings is 1. The van der Waals surface area contributed by atoms with Gasteiger partial charge in [-0.2, -0.15) is 0 Å². The smallest absolute Gasteiger partial charge is 0.356 e. The first kappa shape index (κ1) is 26.1. The summed E-state index contributed by atoms with van der Waals surface area (Å²) in [5, 5.41) is 1.07. The number of carbonyl (C=O) groups excluding carboxylic acids is 3. The maximum atomic E-state index is 13.9. The Kier molecular flexibility index (Phi) is 7.58. The molecule has 2 heterocycles. The first-order chi connectivity index (χ1) is 18.4. The van der Waals surface area contributed by atoms with E-state index in [9.17, 15) is 18.6 Å². The van der Waals surface area contributed by atoms with Gasteiger partial charge in [-0.25, -0.2) is 4.79 Å². The van der Waals surface area contributed by atoms with E-state index in [0.29, 0.717) is 11.1 Å². The molecule has 3 unspecified atom stereocenters. The second-order valence-corrected chi connectivity index (χ2v) is 11.2. The average molecular weight is 593 g/mol. The van der Waals surface area contributed by atoms with Gasteiger partial charge in [0.25, 0.3) is 0 Å². The number of benzene rings is 3. The number of nitrogens with one attached hydrogen (secondary N) is 1. The molecule has 4 atom stereocenters. The predicted molar refractivity (Wildman–Crippen MR) is 147 cm³/mol. The zero-order chi connectivity index (χ0) is 26.8. The predicted octanol–water partition coefficient (Wildman–Crippen LogP) is 4.14. The van der Waals surface area contributed by atoms with Crippen molar-refractivity contribution < 1.29 is 23.3 Å². The normalized spacial score (nSPS) is 22.5. The van der Waals surface area contributed by atoms with Crippen LogP contribution >= 0.6 is 15.9 Å². The van der Waals surface area contributed by atoms with Crippen molar-refractivity contribution >= 4 is 44.5 Å². The Labute approximate surface area is 231 Å². The molecule has 7 nitrogen and oxygen atoms in total. The molecule has 2 aliphatic rings. The molecule has 1 saturated heterocycles. The third-order valence-corrected chi connectivity index (χ3v) is 9.06. The summed E-state index contributed by atoms with van der Waals surface area (Å²) in [5.41, 5.74) is 2.58. The van der Waals surface area contributed by atoms with Crippen LogP contribution in [0.15, 0.2) is 102 Å². The number of rotatable bonds is 7. The van der Waals surface area contributed by atoms with E-state index in [1.165, 1.54) is 11.8 Å². The van der Waals surface area contributed by atoms with E-state index in [2.05, 4.69) is 21.2 Å². The van der Waals surface area contributed by atoms with E-state index in [4.69, 9.17) is 4.74 Å². The summed E-state index contributed by atoms with van der Waals surface area (Å²) in [6, 6.07) is 27.7. The summed E-state index contributed by atoms with van der Waals surface area (Å²) in [7, 11) is -1.71. The number of hydrogen-bond acceptors (Lipinski definition) is 5. The van der Waals surface area contributed by atoms with Crippen LogP contribution < -0.4 is 5.32 Å². The Morgan fingerprint density at radius 1 is 0.947 bits per heavy atom. The molecule has 0 aliphatic carbocycles. The van der Waals surface area contributed by atoms with Crippen molar-refractivity contribution in [3.8, 4) is 0 Å². The standard InChI is InChI=1S/C29H25BrN2O5S/c1-18(33)31-26-22(17-30)24(32-27(34)23(28(32)38(26)36)19-11-5-2-6-12-19)29(35)37-25(20-13-7-3-8-14-20)21-15-9-4-10-16-21/h2-16,23,25-26,28H,17H2,1H3,(H,31,33)/t23?,26?,28-,38?/m1/s1. The monoisotopic (exact) mass is 592 g/mol. The van der Waals surface area contributed by atoms with Gasteiger partial charge in [0.05, 0.1) is 16.7 Å². The highest BCUT2D eigenvalue weighted by Crippen LogP contribution is 2.46. The van der Waals surface area contributed by atoms with Gasteiger partial charge in [-0.05, 0) is 16.7 Å². The third kappa shape index (κ3) is 4.72. The Bertz CT molecular complexity index is 1380. The number of esters is 1. The maximum absolute atomic E-state index is 13.9. The molecule has 38 heavy (non-hydrogen) atoms. The lowest BCUT2D eigenvalue weighted by Crippen LogP contribution is -2.67. The van der Waals surface area contributed by atoms with E-state index >= 15 is 0 Å². The number of carbonyl (C=O) groups is 3. The lowest BCUT2D eigenvalue weighted by atomic mass is 9.88. The Morgan fingerprint density at radius 3 is 1.97 bits per heavy atom. The van der Waals surface area contributed by atoms with Crippen molar-refractivity contribution in [2.75, 3.05) is 5.33 Å². The van der Waals surface area contributed by atoms with Gasteiger partial charge in [-0.15, -0.1) is 0 Å². The largest absolute Gasteiger partial charge is 0.448 e. The van der Waals surface area contributed by atoms with Crippen molar-refractivity contribution in [3.63, 3.8) is 0 Å². The van der Waals surface area contributed by atoms with E-state index in [0.717, 1.165) is 11.1 Å². The lowest BCUT2D eigenvalue weighted by Gasteiger charge is -2.51. The molecule has 0 bridgehead atoms. The minimum Gasteiger partial charge on any atom is -0.448 e. The minimum atomic E-state index is -1.71. The Balaban J connectivity index is 1.58. The van der Waals surface area contributed by atoms with Gasteiger partial charge in [0.1, 0.15) is 16.4 Å². The van der Waals surface area contributed by atoms with Crippen LogP contribution in [0.1, 0.15) is 35.6 Å². The van der Waals surface area contributed by atoms with Gasteiger partial charge in [-0.3, -0.25) is 18.7 Å². The Morgan fingerprint density at radius 2 is 1.47 bits per heavy atom. The van der Waals surface area contributed by atoms with Gasteiger partial charge >= 0.3 is 5.97 Å². The van der Waals surface area contributed by atoms with E-state index in [-0.39, 0.29) is 16.9 Å². The molecule has 3 aromatic rings. The number of hydrogen-bond donors (Lipinski definition) is 1. The number of nitrogens with zero attached hydrogens (tertiary/aromatic N) is 1. The number of amides is 2. The van der Waals surface area contributed by atoms with Crippen molar-refractivity contribution in [1.82, 2.24) is 10.2 Å². The van der Waals surface area contributed by atoms with Gasteiger partial charge in [0, 0.05) is 17.8 Å². The van der Waals surface area contributed by atoms with Crippen molar-refractivity contribution in [1.29, 1.82) is 0 Å². The summed E-state index contributed by atoms with van der Waals surface area (Å²) in [4.78, 5) is 40.8. The van der Waals surface area contributed by atoms with Crippen LogP contribution in [0.3, 0.4) is 0 Å². The average Bonchev–Trinajstić information content (AvgIpc) is 2.94.